The minimum atomic E-state index is -0.701. The van der Waals surface area contributed by atoms with Crippen LogP contribution in [0, 0.1) is 0 Å². The quantitative estimate of drug-likeness (QED) is 0.271. The predicted octanol–water partition coefficient (Wildman–Crippen LogP) is 2.92. The van der Waals surface area contributed by atoms with E-state index in [0.29, 0.717) is 55.7 Å². The Hall–Kier alpha value is -3.47. The number of nitrogens with zero attached hydrogens (tertiary/aromatic N) is 2. The molecule has 1 aromatic rings. The second-order valence-electron chi connectivity index (χ2n) is 11.1. The summed E-state index contributed by atoms with van der Waals surface area (Å²) in [4.78, 5) is 65.0. The molecule has 214 valence electrons. The number of imide groups is 1. The fraction of sp³-hybridized carbons (Fsp3) is 0.607. The third-order valence-electron chi connectivity index (χ3n) is 6.72. The van der Waals surface area contributed by atoms with Gasteiger partial charge in [0.15, 0.2) is 0 Å². The molecule has 3 rings (SSSR count). The molecule has 1 unspecified atom stereocenters. The summed E-state index contributed by atoms with van der Waals surface area (Å²) < 4.78 is 5.49. The van der Waals surface area contributed by atoms with Crippen LogP contribution < -0.4 is 16.4 Å². The average Bonchev–Trinajstić information content (AvgIpc) is 3.19. The van der Waals surface area contributed by atoms with E-state index in [-0.39, 0.29) is 43.2 Å². The van der Waals surface area contributed by atoms with E-state index >= 15 is 0 Å². The maximum atomic E-state index is 13.0. The molecule has 11 heteroatoms. The first-order chi connectivity index (χ1) is 18.5. The SMILES string of the molecule is CC(C)(C)OC(=O)N(CCCN)CCCCCCC(=O)Nc1cccc2c1CN(C1CCC(=O)NC1=O)C2=O. The first kappa shape index (κ1) is 30.1. The Bertz CT molecular complexity index is 1080. The van der Waals surface area contributed by atoms with Crippen molar-refractivity contribution in [3.63, 3.8) is 0 Å². The number of carbonyl (C=O) groups is 5. The van der Waals surface area contributed by atoms with Crippen LogP contribution in [0.15, 0.2) is 18.2 Å². The van der Waals surface area contributed by atoms with Crippen molar-refractivity contribution in [3.8, 4) is 0 Å². The van der Waals surface area contributed by atoms with Crippen LogP contribution in [-0.4, -0.2) is 70.8 Å². The van der Waals surface area contributed by atoms with Gasteiger partial charge in [-0.15, -0.1) is 0 Å². The molecule has 0 bridgehead atoms. The lowest BCUT2D eigenvalue weighted by molar-refractivity contribution is -0.137. The predicted molar refractivity (Wildman–Crippen MR) is 146 cm³/mol. The van der Waals surface area contributed by atoms with Gasteiger partial charge >= 0.3 is 6.09 Å². The maximum absolute atomic E-state index is 13.0. The third kappa shape index (κ3) is 8.51. The molecule has 0 aliphatic carbocycles. The van der Waals surface area contributed by atoms with Crippen molar-refractivity contribution >= 4 is 35.4 Å². The van der Waals surface area contributed by atoms with Crippen molar-refractivity contribution in [3.05, 3.63) is 29.3 Å². The molecule has 39 heavy (non-hydrogen) atoms. The van der Waals surface area contributed by atoms with Gasteiger partial charge in [-0.05, 0) is 65.1 Å². The van der Waals surface area contributed by atoms with Gasteiger partial charge in [0.25, 0.3) is 5.91 Å². The van der Waals surface area contributed by atoms with Crippen molar-refractivity contribution in [1.82, 2.24) is 15.1 Å². The van der Waals surface area contributed by atoms with Gasteiger partial charge in [-0.1, -0.05) is 18.9 Å². The first-order valence-corrected chi connectivity index (χ1v) is 13.7. The molecule has 4 N–H and O–H groups in total. The van der Waals surface area contributed by atoms with Crippen molar-refractivity contribution in [2.45, 2.75) is 90.3 Å². The van der Waals surface area contributed by atoms with Crippen LogP contribution in [0.1, 0.15) is 88.1 Å². The number of ether oxygens (including phenoxy) is 1. The molecule has 0 aromatic heterocycles. The summed E-state index contributed by atoms with van der Waals surface area (Å²) in [7, 11) is 0. The topological polar surface area (TPSA) is 151 Å². The Kier molecular flexibility index (Phi) is 10.4. The highest BCUT2D eigenvalue weighted by Crippen LogP contribution is 2.32. The Balaban J connectivity index is 1.44. The average molecular weight is 544 g/mol. The molecule has 11 nitrogen and oxygen atoms in total. The molecular weight excluding hydrogens is 502 g/mol. The summed E-state index contributed by atoms with van der Waals surface area (Å²) >= 11 is 0. The first-order valence-electron chi connectivity index (χ1n) is 13.7. The number of unbranched alkanes of at least 4 members (excludes halogenated alkanes) is 3. The largest absolute Gasteiger partial charge is 0.444 e. The van der Waals surface area contributed by atoms with Crippen LogP contribution >= 0.6 is 0 Å². The van der Waals surface area contributed by atoms with Gasteiger partial charge in [-0.3, -0.25) is 24.5 Å². The maximum Gasteiger partial charge on any atom is 0.410 e. The summed E-state index contributed by atoms with van der Waals surface area (Å²) in [5.41, 5.74) is 6.76. The van der Waals surface area contributed by atoms with Gasteiger partial charge in [-0.25, -0.2) is 4.79 Å². The van der Waals surface area contributed by atoms with Crippen LogP contribution in [0.2, 0.25) is 0 Å². The summed E-state index contributed by atoms with van der Waals surface area (Å²) in [6.07, 6.45) is 4.37. The fourth-order valence-corrected chi connectivity index (χ4v) is 4.76. The number of fused-ring (bicyclic) bond motifs is 1. The van der Waals surface area contributed by atoms with E-state index in [1.807, 2.05) is 20.8 Å². The monoisotopic (exact) mass is 543 g/mol. The molecule has 2 heterocycles. The van der Waals surface area contributed by atoms with E-state index in [9.17, 15) is 24.0 Å². The molecule has 1 atom stereocenters. The highest BCUT2D eigenvalue weighted by atomic mass is 16.6. The minimum Gasteiger partial charge on any atom is -0.444 e. The molecule has 1 saturated heterocycles. The zero-order valence-corrected chi connectivity index (χ0v) is 23.2. The van der Waals surface area contributed by atoms with Crippen LogP contribution in [0.3, 0.4) is 0 Å². The molecule has 0 spiro atoms. The lowest BCUT2D eigenvalue weighted by atomic mass is 10.0. The van der Waals surface area contributed by atoms with E-state index in [1.54, 1.807) is 23.1 Å². The lowest BCUT2D eigenvalue weighted by Gasteiger charge is -2.29. The number of nitrogens with one attached hydrogen (secondary N) is 2. The number of nitrogens with two attached hydrogens (primary N) is 1. The molecule has 2 aliphatic rings. The molecule has 1 fully saturated rings. The molecule has 0 saturated carbocycles. The Labute approximate surface area is 229 Å². The number of carbonyl (C=O) groups excluding carboxylic acids is 5. The van der Waals surface area contributed by atoms with E-state index in [0.717, 1.165) is 19.3 Å². The number of hydrogen-bond donors (Lipinski definition) is 3. The smallest absolute Gasteiger partial charge is 0.410 e. The number of anilines is 1. The zero-order valence-electron chi connectivity index (χ0n) is 23.2. The Morgan fingerprint density at radius 1 is 1.10 bits per heavy atom. The van der Waals surface area contributed by atoms with E-state index in [4.69, 9.17) is 10.5 Å². The standard InChI is InChI=1S/C28H41N5O6/c1-28(2,3)39-27(38)32(17-9-15-29)16-7-5-4-6-12-23(34)30-21-11-8-10-19-20(21)18-33(26(19)37)22-13-14-24(35)31-25(22)36/h8,10-11,22H,4-7,9,12-18,29H2,1-3H3,(H,30,34)(H,31,35,36). The fourth-order valence-electron chi connectivity index (χ4n) is 4.76. The second kappa shape index (κ2) is 13.5. The molecule has 2 aliphatic heterocycles. The van der Waals surface area contributed by atoms with Crippen molar-refractivity contribution in [2.75, 3.05) is 25.0 Å². The second-order valence-corrected chi connectivity index (χ2v) is 11.1. The van der Waals surface area contributed by atoms with Crippen molar-refractivity contribution in [1.29, 1.82) is 0 Å². The van der Waals surface area contributed by atoms with Gasteiger partial charge in [0.1, 0.15) is 11.6 Å². The molecule has 0 radical (unpaired) electrons. The highest BCUT2D eigenvalue weighted by molar-refractivity contribution is 6.06. The van der Waals surface area contributed by atoms with E-state index < -0.39 is 17.6 Å². The van der Waals surface area contributed by atoms with Gasteiger partial charge < -0.3 is 25.6 Å². The van der Waals surface area contributed by atoms with Crippen LogP contribution in [0.4, 0.5) is 10.5 Å². The highest BCUT2D eigenvalue weighted by Gasteiger charge is 2.40. The van der Waals surface area contributed by atoms with Crippen LogP contribution in [0.5, 0.6) is 0 Å². The summed E-state index contributed by atoms with van der Waals surface area (Å²) in [6.45, 7) is 7.36. The summed E-state index contributed by atoms with van der Waals surface area (Å²) in [5, 5.41) is 5.21. The molecule has 1 aromatic carbocycles. The van der Waals surface area contributed by atoms with Gasteiger partial charge in [0.2, 0.25) is 17.7 Å². The Morgan fingerprint density at radius 3 is 2.51 bits per heavy atom. The van der Waals surface area contributed by atoms with Crippen LogP contribution in [-0.2, 0) is 25.7 Å². The van der Waals surface area contributed by atoms with Crippen LogP contribution in [0.25, 0.3) is 0 Å². The lowest BCUT2D eigenvalue weighted by Crippen LogP contribution is -2.52. The van der Waals surface area contributed by atoms with Gasteiger partial charge in [0.05, 0.1) is 0 Å². The Morgan fingerprint density at radius 2 is 1.82 bits per heavy atom. The minimum absolute atomic E-state index is 0.145. The van der Waals surface area contributed by atoms with Gasteiger partial charge in [0, 0.05) is 49.3 Å². The van der Waals surface area contributed by atoms with E-state index in [2.05, 4.69) is 10.6 Å². The molecule has 5 amide bonds. The number of hydrogen-bond acceptors (Lipinski definition) is 7. The molecular formula is C28H41N5O6. The summed E-state index contributed by atoms with van der Waals surface area (Å²) in [5.74, 6) is -1.22. The number of benzene rings is 1. The third-order valence-corrected chi connectivity index (χ3v) is 6.72. The van der Waals surface area contributed by atoms with Crippen molar-refractivity contribution < 1.29 is 28.7 Å². The number of amides is 5. The number of piperidine rings is 1. The van der Waals surface area contributed by atoms with E-state index in [1.165, 1.54) is 4.90 Å². The van der Waals surface area contributed by atoms with Gasteiger partial charge in [-0.2, -0.15) is 0 Å². The summed E-state index contributed by atoms with van der Waals surface area (Å²) in [6, 6.07) is 4.45. The number of rotatable bonds is 12. The zero-order chi connectivity index (χ0) is 28.6. The normalized spacial score (nSPS) is 17.1. The van der Waals surface area contributed by atoms with Crippen molar-refractivity contribution in [2.24, 2.45) is 5.73 Å².